The van der Waals surface area contributed by atoms with Gasteiger partial charge in [-0.3, -0.25) is 0 Å². The molecule has 1 aromatic carbocycles. The third kappa shape index (κ3) is 2.29. The van der Waals surface area contributed by atoms with Crippen molar-refractivity contribution in [2.24, 2.45) is 0 Å². The summed E-state index contributed by atoms with van der Waals surface area (Å²) in [6.07, 6.45) is 1.83. The maximum Gasteiger partial charge on any atom is 0.331 e. The van der Waals surface area contributed by atoms with Crippen LogP contribution in [-0.2, 0) is 9.53 Å². The van der Waals surface area contributed by atoms with Gasteiger partial charge < -0.3 is 4.74 Å². The zero-order valence-electron chi connectivity index (χ0n) is 8.77. The van der Waals surface area contributed by atoms with Crippen LogP contribution in [0.1, 0.15) is 5.56 Å². The van der Waals surface area contributed by atoms with Crippen LogP contribution in [0.5, 0.6) is 0 Å². The van der Waals surface area contributed by atoms with Crippen LogP contribution in [-0.4, -0.2) is 18.3 Å². The van der Waals surface area contributed by atoms with Crippen molar-refractivity contribution in [3.05, 3.63) is 42.0 Å². The number of hydrogen-bond donors (Lipinski definition) is 0. The Labute approximate surface area is 98.7 Å². The van der Waals surface area contributed by atoms with Crippen molar-refractivity contribution in [2.45, 2.75) is 5.25 Å². The molecule has 1 unspecified atom stereocenters. The fourth-order valence-corrected chi connectivity index (χ4v) is 2.31. The van der Waals surface area contributed by atoms with Crippen molar-refractivity contribution in [2.75, 3.05) is 7.11 Å². The molecular formula is C13H10O2S. The average Bonchev–Trinajstić information content (AvgIpc) is 2.39. The zero-order valence-corrected chi connectivity index (χ0v) is 9.58. The molecule has 3 heteroatoms. The highest BCUT2D eigenvalue weighted by molar-refractivity contribution is 8.09. The summed E-state index contributed by atoms with van der Waals surface area (Å²) in [5, 5.41) is -0.412. The fraction of sp³-hybridized carbons (Fsp3) is 0.154. The molecule has 2 rings (SSSR count). The van der Waals surface area contributed by atoms with Gasteiger partial charge in [-0.2, -0.15) is 0 Å². The Balaban J connectivity index is 2.19. The standard InChI is InChI=1S/C13H10O2S/c1-15-13(14)12-9-5-8-11(16-12)10-6-3-2-4-7-10/h2-4,6-8,12H,1H3. The predicted molar refractivity (Wildman–Crippen MR) is 65.6 cm³/mol. The lowest BCUT2D eigenvalue weighted by Crippen LogP contribution is -2.17. The summed E-state index contributed by atoms with van der Waals surface area (Å²) in [5.41, 5.74) is 1.08. The lowest BCUT2D eigenvalue weighted by atomic mass is 10.2. The summed E-state index contributed by atoms with van der Waals surface area (Å²) in [5.74, 6) is 5.40. The van der Waals surface area contributed by atoms with Gasteiger partial charge in [0.1, 0.15) is 0 Å². The zero-order chi connectivity index (χ0) is 11.4. The molecule has 0 aliphatic carbocycles. The molecule has 80 valence electrons. The van der Waals surface area contributed by atoms with Crippen LogP contribution >= 0.6 is 11.8 Å². The molecule has 1 aliphatic heterocycles. The normalized spacial score (nSPS) is 18.1. The molecule has 0 spiro atoms. The van der Waals surface area contributed by atoms with Crippen LogP contribution in [0.3, 0.4) is 0 Å². The van der Waals surface area contributed by atoms with Crippen molar-refractivity contribution < 1.29 is 9.53 Å². The number of methoxy groups -OCH3 is 1. The lowest BCUT2D eigenvalue weighted by molar-refractivity contribution is -0.138. The minimum Gasteiger partial charge on any atom is -0.467 e. The number of rotatable bonds is 2. The first-order chi connectivity index (χ1) is 7.81. The molecule has 0 amide bonds. The van der Waals surface area contributed by atoms with Gasteiger partial charge in [-0.25, -0.2) is 4.79 Å². The Kier molecular flexibility index (Phi) is 3.33. The highest BCUT2D eigenvalue weighted by Crippen LogP contribution is 2.32. The van der Waals surface area contributed by atoms with E-state index < -0.39 is 5.25 Å². The molecule has 1 atom stereocenters. The van der Waals surface area contributed by atoms with Crippen molar-refractivity contribution >= 4 is 22.6 Å². The van der Waals surface area contributed by atoms with E-state index >= 15 is 0 Å². The first-order valence-electron chi connectivity index (χ1n) is 4.82. The highest BCUT2D eigenvalue weighted by Gasteiger charge is 2.21. The molecule has 16 heavy (non-hydrogen) atoms. The molecular weight excluding hydrogens is 220 g/mol. The third-order valence-corrected chi connectivity index (χ3v) is 3.29. The Hall–Kier alpha value is -1.66. The van der Waals surface area contributed by atoms with E-state index in [0.29, 0.717) is 0 Å². The second-order valence-corrected chi connectivity index (χ2v) is 4.33. The van der Waals surface area contributed by atoms with Gasteiger partial charge in [0.25, 0.3) is 0 Å². The second-order valence-electron chi connectivity index (χ2n) is 3.18. The molecule has 0 aromatic heterocycles. The van der Waals surface area contributed by atoms with Crippen LogP contribution in [0.25, 0.3) is 4.91 Å². The quantitative estimate of drug-likeness (QED) is 0.576. The number of benzene rings is 1. The van der Waals surface area contributed by atoms with Gasteiger partial charge in [0.15, 0.2) is 5.25 Å². The van der Waals surface area contributed by atoms with Gasteiger partial charge in [-0.15, -0.1) is 0 Å². The van der Waals surface area contributed by atoms with Gasteiger partial charge in [-0.05, 0) is 5.56 Å². The Morgan fingerprint density at radius 3 is 2.81 bits per heavy atom. The van der Waals surface area contributed by atoms with E-state index in [4.69, 9.17) is 0 Å². The van der Waals surface area contributed by atoms with Gasteiger partial charge in [0.2, 0.25) is 0 Å². The van der Waals surface area contributed by atoms with E-state index in [-0.39, 0.29) is 5.97 Å². The SMILES string of the molecule is COC(=O)C1C#CC=C(c2ccccc2)S1. The molecule has 1 heterocycles. The van der Waals surface area contributed by atoms with Crippen molar-refractivity contribution in [3.63, 3.8) is 0 Å². The van der Waals surface area contributed by atoms with E-state index in [0.717, 1.165) is 10.5 Å². The van der Waals surface area contributed by atoms with Crippen LogP contribution in [0.2, 0.25) is 0 Å². The number of allylic oxidation sites excluding steroid dienone is 1. The maximum absolute atomic E-state index is 11.4. The topological polar surface area (TPSA) is 26.3 Å². The van der Waals surface area contributed by atoms with E-state index in [9.17, 15) is 4.79 Å². The summed E-state index contributed by atoms with van der Waals surface area (Å²) < 4.78 is 4.68. The van der Waals surface area contributed by atoms with Crippen LogP contribution in [0.15, 0.2) is 36.4 Å². The van der Waals surface area contributed by atoms with Crippen molar-refractivity contribution in [1.29, 1.82) is 0 Å². The minimum absolute atomic E-state index is 0.293. The number of esters is 1. The third-order valence-electron chi connectivity index (χ3n) is 2.14. The highest BCUT2D eigenvalue weighted by atomic mass is 32.2. The number of thioether (sulfide) groups is 1. The Morgan fingerprint density at radius 1 is 1.38 bits per heavy atom. The van der Waals surface area contributed by atoms with Gasteiger partial charge in [0, 0.05) is 11.0 Å². The van der Waals surface area contributed by atoms with E-state index in [1.165, 1.54) is 18.9 Å². The summed E-state index contributed by atoms with van der Waals surface area (Å²) >= 11 is 1.43. The molecule has 1 aliphatic rings. The first-order valence-corrected chi connectivity index (χ1v) is 5.70. The smallest absolute Gasteiger partial charge is 0.331 e. The Morgan fingerprint density at radius 2 is 2.12 bits per heavy atom. The molecule has 0 fully saturated rings. The van der Waals surface area contributed by atoms with E-state index in [2.05, 4.69) is 16.6 Å². The minimum atomic E-state index is -0.412. The number of carbonyl (C=O) groups excluding carboxylic acids is 1. The van der Waals surface area contributed by atoms with Crippen LogP contribution in [0, 0.1) is 11.8 Å². The molecule has 0 radical (unpaired) electrons. The summed E-state index contributed by atoms with van der Waals surface area (Å²) in [6.45, 7) is 0. The predicted octanol–water partition coefficient (Wildman–Crippen LogP) is 2.32. The maximum atomic E-state index is 11.4. The second kappa shape index (κ2) is 4.91. The summed E-state index contributed by atoms with van der Waals surface area (Å²) in [7, 11) is 1.38. The monoisotopic (exact) mass is 230 g/mol. The Bertz CT molecular complexity index is 480. The average molecular weight is 230 g/mol. The van der Waals surface area contributed by atoms with Crippen LogP contribution in [0.4, 0.5) is 0 Å². The first kappa shape index (κ1) is 10.8. The molecule has 0 bridgehead atoms. The molecule has 2 nitrogen and oxygen atoms in total. The lowest BCUT2D eigenvalue weighted by Gasteiger charge is -2.13. The van der Waals surface area contributed by atoms with E-state index in [1.54, 1.807) is 0 Å². The molecule has 1 aromatic rings. The van der Waals surface area contributed by atoms with Gasteiger partial charge >= 0.3 is 5.97 Å². The molecule has 0 saturated heterocycles. The fourth-order valence-electron chi connectivity index (χ4n) is 1.34. The largest absolute Gasteiger partial charge is 0.467 e. The van der Waals surface area contributed by atoms with Crippen LogP contribution < -0.4 is 0 Å². The van der Waals surface area contributed by atoms with Crippen molar-refractivity contribution in [1.82, 2.24) is 0 Å². The van der Waals surface area contributed by atoms with Crippen molar-refractivity contribution in [3.8, 4) is 11.8 Å². The van der Waals surface area contributed by atoms with E-state index in [1.807, 2.05) is 36.4 Å². The van der Waals surface area contributed by atoms with Gasteiger partial charge in [-0.1, -0.05) is 53.9 Å². The number of hydrogen-bond acceptors (Lipinski definition) is 3. The number of carbonyl (C=O) groups is 1. The summed E-state index contributed by atoms with van der Waals surface area (Å²) in [4.78, 5) is 12.4. The summed E-state index contributed by atoms with van der Waals surface area (Å²) in [6, 6.07) is 9.89. The van der Waals surface area contributed by atoms with Gasteiger partial charge in [0.05, 0.1) is 7.11 Å². The molecule has 0 N–H and O–H groups in total. The number of ether oxygens (including phenoxy) is 1. The molecule has 0 saturated carbocycles.